The Kier molecular flexibility index (Phi) is 7.39. The second-order valence-corrected chi connectivity index (χ2v) is 10.7. The Hall–Kier alpha value is -4.39. The summed E-state index contributed by atoms with van der Waals surface area (Å²) in [6, 6.07) is 7.30. The molecule has 0 radical (unpaired) electrons. The van der Waals surface area contributed by atoms with Crippen LogP contribution in [0.2, 0.25) is 0 Å². The first-order chi connectivity index (χ1) is 18.0. The van der Waals surface area contributed by atoms with Crippen molar-refractivity contribution in [2.24, 2.45) is 5.73 Å². The molecule has 198 valence electrons. The standard InChI is InChI=1S/C25H26FN7O4S/c1-4-20(15-9-22(30-14(2)24(27)34)32-23(10-15)38(3,36)37)31-25(35)19-11-28-13-21-18(19)12-29-33(21)17-7-5-16(26)6-8-17/h5-14,20H,4H2,1-3H3,(H2,27,34)(H,30,32)(H,31,35)/t14-,20?/m0/s1. The summed E-state index contributed by atoms with van der Waals surface area (Å²) in [5, 5.41) is 10.4. The van der Waals surface area contributed by atoms with Crippen molar-refractivity contribution >= 4 is 38.4 Å². The van der Waals surface area contributed by atoms with Gasteiger partial charge in [0.1, 0.15) is 17.7 Å². The van der Waals surface area contributed by atoms with E-state index in [-0.39, 0.29) is 22.2 Å². The molecule has 0 fully saturated rings. The van der Waals surface area contributed by atoms with Crippen LogP contribution in [0.25, 0.3) is 16.6 Å². The number of sulfone groups is 1. The first kappa shape index (κ1) is 26.7. The summed E-state index contributed by atoms with van der Waals surface area (Å²) in [6.45, 7) is 3.35. The molecule has 13 heteroatoms. The van der Waals surface area contributed by atoms with Gasteiger partial charge in [0.25, 0.3) is 5.91 Å². The number of aromatic nitrogens is 4. The molecule has 0 bridgehead atoms. The molecule has 3 aromatic heterocycles. The van der Waals surface area contributed by atoms with Gasteiger partial charge in [0.05, 0.1) is 35.2 Å². The minimum Gasteiger partial charge on any atom is -0.368 e. The van der Waals surface area contributed by atoms with Gasteiger partial charge in [0.2, 0.25) is 5.91 Å². The molecule has 4 rings (SSSR count). The molecule has 0 aliphatic heterocycles. The van der Waals surface area contributed by atoms with Crippen LogP contribution in [0.15, 0.2) is 60.0 Å². The van der Waals surface area contributed by atoms with Crippen LogP contribution in [-0.4, -0.2) is 52.3 Å². The van der Waals surface area contributed by atoms with Gasteiger partial charge in [-0.1, -0.05) is 6.92 Å². The maximum Gasteiger partial charge on any atom is 0.254 e. The zero-order valence-electron chi connectivity index (χ0n) is 20.8. The van der Waals surface area contributed by atoms with Crippen molar-refractivity contribution in [2.45, 2.75) is 37.4 Å². The molecule has 2 atom stereocenters. The number of hydrogen-bond donors (Lipinski definition) is 3. The largest absolute Gasteiger partial charge is 0.368 e. The van der Waals surface area contributed by atoms with Crippen molar-refractivity contribution < 1.29 is 22.4 Å². The van der Waals surface area contributed by atoms with Crippen LogP contribution in [0.1, 0.15) is 42.2 Å². The first-order valence-corrected chi connectivity index (χ1v) is 13.5. The lowest BCUT2D eigenvalue weighted by atomic mass is 10.0. The molecule has 0 aliphatic rings. The van der Waals surface area contributed by atoms with Crippen LogP contribution >= 0.6 is 0 Å². The van der Waals surface area contributed by atoms with Crippen LogP contribution in [0.3, 0.4) is 0 Å². The Morgan fingerprint density at radius 1 is 1.13 bits per heavy atom. The second-order valence-electron chi connectivity index (χ2n) is 8.75. The Balaban J connectivity index is 1.68. The molecule has 2 amide bonds. The van der Waals surface area contributed by atoms with Crippen molar-refractivity contribution in [3.63, 3.8) is 0 Å². The van der Waals surface area contributed by atoms with Gasteiger partial charge in [0, 0.05) is 17.8 Å². The first-order valence-electron chi connectivity index (χ1n) is 11.6. The van der Waals surface area contributed by atoms with E-state index in [0.717, 1.165) is 6.26 Å². The van der Waals surface area contributed by atoms with E-state index >= 15 is 0 Å². The number of fused-ring (bicyclic) bond motifs is 1. The number of nitrogens with two attached hydrogens (primary N) is 1. The van der Waals surface area contributed by atoms with Crippen molar-refractivity contribution in [2.75, 3.05) is 11.6 Å². The number of halogens is 1. The zero-order valence-corrected chi connectivity index (χ0v) is 21.7. The average Bonchev–Trinajstić information content (AvgIpc) is 3.31. The highest BCUT2D eigenvalue weighted by atomic mass is 32.2. The summed E-state index contributed by atoms with van der Waals surface area (Å²) in [7, 11) is -3.71. The van der Waals surface area contributed by atoms with E-state index in [1.165, 1.54) is 37.5 Å². The van der Waals surface area contributed by atoms with E-state index in [2.05, 4.69) is 25.7 Å². The van der Waals surface area contributed by atoms with Crippen LogP contribution in [-0.2, 0) is 14.6 Å². The molecule has 0 spiro atoms. The number of amides is 2. The number of benzene rings is 1. The Labute approximate surface area is 218 Å². The lowest BCUT2D eigenvalue weighted by Crippen LogP contribution is -2.33. The zero-order chi connectivity index (χ0) is 27.6. The summed E-state index contributed by atoms with van der Waals surface area (Å²) in [4.78, 5) is 33.2. The number of anilines is 1. The summed E-state index contributed by atoms with van der Waals surface area (Å²) in [6.07, 6.45) is 5.93. The predicted octanol–water partition coefficient (Wildman–Crippen LogP) is 2.52. The van der Waals surface area contributed by atoms with Gasteiger partial charge in [0.15, 0.2) is 14.9 Å². The van der Waals surface area contributed by atoms with E-state index in [4.69, 9.17) is 5.73 Å². The molecule has 0 saturated carbocycles. The van der Waals surface area contributed by atoms with E-state index in [1.54, 1.807) is 29.1 Å². The third-order valence-electron chi connectivity index (χ3n) is 5.92. The number of primary amides is 1. The van der Waals surface area contributed by atoms with Crippen molar-refractivity contribution in [3.05, 3.63) is 71.9 Å². The molecule has 4 aromatic rings. The number of pyridine rings is 2. The van der Waals surface area contributed by atoms with Crippen molar-refractivity contribution in [1.29, 1.82) is 0 Å². The highest BCUT2D eigenvalue weighted by Gasteiger charge is 2.22. The molecule has 0 aliphatic carbocycles. The van der Waals surface area contributed by atoms with E-state index < -0.39 is 33.7 Å². The molecule has 11 nitrogen and oxygen atoms in total. The number of nitrogens with zero attached hydrogens (tertiary/aromatic N) is 4. The molecular weight excluding hydrogens is 513 g/mol. The summed E-state index contributed by atoms with van der Waals surface area (Å²) >= 11 is 0. The molecular formula is C25H26FN7O4S. The number of carbonyl (C=O) groups is 2. The lowest BCUT2D eigenvalue weighted by molar-refractivity contribution is -0.118. The van der Waals surface area contributed by atoms with Crippen molar-refractivity contribution in [3.8, 4) is 5.69 Å². The molecule has 3 heterocycles. The topological polar surface area (TPSA) is 162 Å². The quantitative estimate of drug-likeness (QED) is 0.292. The van der Waals surface area contributed by atoms with Gasteiger partial charge < -0.3 is 16.4 Å². The maximum absolute atomic E-state index is 13.4. The van der Waals surface area contributed by atoms with Crippen molar-refractivity contribution in [1.82, 2.24) is 25.1 Å². The number of carbonyl (C=O) groups excluding carboxylic acids is 2. The van der Waals surface area contributed by atoms with Gasteiger partial charge in [-0.2, -0.15) is 5.10 Å². The number of nitrogens with one attached hydrogen (secondary N) is 2. The molecule has 1 aromatic carbocycles. The van der Waals surface area contributed by atoms with E-state index in [9.17, 15) is 22.4 Å². The molecule has 38 heavy (non-hydrogen) atoms. The highest BCUT2D eigenvalue weighted by molar-refractivity contribution is 7.90. The number of hydrogen-bond acceptors (Lipinski definition) is 8. The minimum absolute atomic E-state index is 0.131. The van der Waals surface area contributed by atoms with Crippen LogP contribution < -0.4 is 16.4 Å². The fourth-order valence-electron chi connectivity index (χ4n) is 3.85. The van der Waals surface area contributed by atoms with Gasteiger partial charge in [-0.3, -0.25) is 14.6 Å². The van der Waals surface area contributed by atoms with Gasteiger partial charge in [-0.15, -0.1) is 0 Å². The summed E-state index contributed by atoms with van der Waals surface area (Å²) in [5.74, 6) is -1.34. The third kappa shape index (κ3) is 5.62. The maximum atomic E-state index is 13.4. The van der Waals surface area contributed by atoms with Gasteiger partial charge >= 0.3 is 0 Å². The monoisotopic (exact) mass is 539 g/mol. The molecule has 4 N–H and O–H groups in total. The fraction of sp³-hybridized carbons (Fsp3) is 0.240. The minimum atomic E-state index is -3.71. The predicted molar refractivity (Wildman–Crippen MR) is 139 cm³/mol. The Morgan fingerprint density at radius 3 is 2.47 bits per heavy atom. The van der Waals surface area contributed by atoms with E-state index in [1.807, 2.05) is 6.92 Å². The second kappa shape index (κ2) is 10.5. The SMILES string of the molecule is CCC(NC(=O)c1cncc2c1cnn2-c1ccc(F)cc1)c1cc(N[C@@H](C)C(N)=O)nc(S(C)(=O)=O)c1. The van der Waals surface area contributed by atoms with Gasteiger partial charge in [-0.05, 0) is 55.3 Å². The van der Waals surface area contributed by atoms with Crippen LogP contribution in [0.5, 0.6) is 0 Å². The Morgan fingerprint density at radius 2 is 1.84 bits per heavy atom. The van der Waals surface area contributed by atoms with Crippen LogP contribution in [0, 0.1) is 5.82 Å². The normalized spacial score (nSPS) is 13.2. The Bertz CT molecular complexity index is 1620. The van der Waals surface area contributed by atoms with Gasteiger partial charge in [-0.25, -0.2) is 22.5 Å². The highest BCUT2D eigenvalue weighted by Crippen LogP contribution is 2.25. The van der Waals surface area contributed by atoms with E-state index in [0.29, 0.717) is 28.6 Å². The summed E-state index contributed by atoms with van der Waals surface area (Å²) in [5.41, 5.74) is 7.19. The number of rotatable bonds is 9. The third-order valence-corrected chi connectivity index (χ3v) is 6.89. The molecule has 1 unspecified atom stereocenters. The molecule has 0 saturated heterocycles. The van der Waals surface area contributed by atoms with Crippen LogP contribution in [0.4, 0.5) is 10.2 Å². The lowest BCUT2D eigenvalue weighted by Gasteiger charge is -2.20. The fourth-order valence-corrected chi connectivity index (χ4v) is 4.47. The smallest absolute Gasteiger partial charge is 0.254 e. The average molecular weight is 540 g/mol. The summed E-state index contributed by atoms with van der Waals surface area (Å²) < 4.78 is 39.5.